The Bertz CT molecular complexity index is 906. The fourth-order valence-corrected chi connectivity index (χ4v) is 3.93. The minimum Gasteiger partial charge on any atom is -0.507 e. The van der Waals surface area contributed by atoms with Crippen LogP contribution in [0.2, 0.25) is 0 Å². The molecule has 0 aliphatic carbocycles. The molecule has 3 nitrogen and oxygen atoms in total. The van der Waals surface area contributed by atoms with Gasteiger partial charge in [0, 0.05) is 15.4 Å². The highest BCUT2D eigenvalue weighted by atomic mass is 32.2. The summed E-state index contributed by atoms with van der Waals surface area (Å²) in [6.07, 6.45) is 0.618. The average molecular weight is 364 g/mol. The van der Waals surface area contributed by atoms with E-state index >= 15 is 0 Å². The smallest absolute Gasteiger partial charge is 0.342 e. The van der Waals surface area contributed by atoms with Gasteiger partial charge < -0.3 is 9.84 Å². The highest BCUT2D eigenvalue weighted by molar-refractivity contribution is 7.99. The van der Waals surface area contributed by atoms with E-state index in [0.29, 0.717) is 12.0 Å². The number of phenolic OH excluding ortho intramolecular Hbond substituents is 1. The molecule has 0 aliphatic heterocycles. The molecule has 0 spiro atoms. The lowest BCUT2D eigenvalue weighted by Gasteiger charge is -2.18. The fraction of sp³-hybridized carbons (Fsp3) is 0.136. The largest absolute Gasteiger partial charge is 0.507 e. The van der Waals surface area contributed by atoms with Gasteiger partial charge in [0.15, 0.2) is 0 Å². The van der Waals surface area contributed by atoms with Gasteiger partial charge >= 0.3 is 5.97 Å². The predicted octanol–water partition coefficient (Wildman–Crippen LogP) is 5.56. The number of phenols is 1. The van der Waals surface area contributed by atoms with Gasteiger partial charge in [0.25, 0.3) is 0 Å². The van der Waals surface area contributed by atoms with E-state index in [1.165, 1.54) is 7.11 Å². The molecule has 4 heteroatoms. The van der Waals surface area contributed by atoms with Crippen LogP contribution in [0.5, 0.6) is 5.75 Å². The van der Waals surface area contributed by atoms with Gasteiger partial charge in [-0.15, -0.1) is 0 Å². The Kier molecular flexibility index (Phi) is 5.64. The lowest BCUT2D eigenvalue weighted by atomic mass is 9.95. The summed E-state index contributed by atoms with van der Waals surface area (Å²) in [6.45, 7) is 1.95. The maximum Gasteiger partial charge on any atom is 0.342 e. The molecule has 1 N–H and O–H groups in total. The maximum atomic E-state index is 12.5. The minimum atomic E-state index is -0.536. The van der Waals surface area contributed by atoms with Crippen molar-refractivity contribution in [3.63, 3.8) is 0 Å². The van der Waals surface area contributed by atoms with E-state index in [2.05, 4.69) is 0 Å². The molecule has 0 fully saturated rings. The molecule has 0 amide bonds. The van der Waals surface area contributed by atoms with Crippen LogP contribution < -0.4 is 0 Å². The van der Waals surface area contributed by atoms with Crippen LogP contribution in [0, 0.1) is 0 Å². The number of aryl methyl sites for hydroxylation is 1. The second kappa shape index (κ2) is 8.11. The van der Waals surface area contributed by atoms with Crippen LogP contribution in [-0.4, -0.2) is 18.2 Å². The summed E-state index contributed by atoms with van der Waals surface area (Å²) < 4.78 is 4.98. The van der Waals surface area contributed by atoms with E-state index in [4.69, 9.17) is 4.74 Å². The summed E-state index contributed by atoms with van der Waals surface area (Å²) in [5.74, 6) is -0.540. The van der Waals surface area contributed by atoms with Crippen LogP contribution >= 0.6 is 11.8 Å². The predicted molar refractivity (Wildman–Crippen MR) is 105 cm³/mol. The first-order valence-electron chi connectivity index (χ1n) is 8.41. The normalized spacial score (nSPS) is 10.5. The van der Waals surface area contributed by atoms with E-state index < -0.39 is 5.97 Å². The van der Waals surface area contributed by atoms with Crippen LogP contribution in [0.3, 0.4) is 0 Å². The fourth-order valence-electron chi connectivity index (χ4n) is 2.86. The number of esters is 1. The number of ether oxygens (including phenoxy) is 1. The van der Waals surface area contributed by atoms with Crippen LogP contribution in [0.1, 0.15) is 22.8 Å². The van der Waals surface area contributed by atoms with Crippen molar-refractivity contribution in [2.24, 2.45) is 0 Å². The molecular weight excluding hydrogens is 344 g/mol. The molecule has 0 saturated heterocycles. The molecule has 0 radical (unpaired) electrons. The van der Waals surface area contributed by atoms with Crippen LogP contribution in [0.15, 0.2) is 76.5 Å². The number of rotatable bonds is 5. The molecule has 0 unspecified atom stereocenters. The Morgan fingerprint density at radius 1 is 1.04 bits per heavy atom. The second-order valence-corrected chi connectivity index (χ2v) is 6.87. The van der Waals surface area contributed by atoms with Crippen molar-refractivity contribution < 1.29 is 14.6 Å². The standard InChI is InChI=1S/C22H20O3S/c1-3-15-14-18(26-17-12-8-5-9-13-17)19(16-10-6-4-7-11-16)20(21(15)23)22(24)25-2/h4-14,23H,3H2,1-2H3. The van der Waals surface area contributed by atoms with Gasteiger partial charge in [-0.05, 0) is 35.7 Å². The third-order valence-electron chi connectivity index (χ3n) is 4.15. The van der Waals surface area contributed by atoms with Crippen molar-refractivity contribution in [3.05, 3.63) is 77.9 Å². The van der Waals surface area contributed by atoms with Gasteiger partial charge in [0.2, 0.25) is 0 Å². The molecular formula is C22H20O3S. The molecule has 3 aromatic carbocycles. The molecule has 0 aromatic heterocycles. The van der Waals surface area contributed by atoms with Gasteiger partial charge in [0.1, 0.15) is 11.3 Å². The molecule has 26 heavy (non-hydrogen) atoms. The van der Waals surface area contributed by atoms with Crippen molar-refractivity contribution in [1.29, 1.82) is 0 Å². The Labute approximate surface area is 157 Å². The SMILES string of the molecule is CCc1cc(Sc2ccccc2)c(-c2ccccc2)c(C(=O)OC)c1O. The van der Waals surface area contributed by atoms with Crippen molar-refractivity contribution in [2.45, 2.75) is 23.1 Å². The third kappa shape index (κ3) is 3.60. The molecule has 0 heterocycles. The average Bonchev–Trinajstić information content (AvgIpc) is 2.69. The number of hydrogen-bond acceptors (Lipinski definition) is 4. The lowest BCUT2D eigenvalue weighted by Crippen LogP contribution is -2.07. The summed E-state index contributed by atoms with van der Waals surface area (Å²) >= 11 is 1.57. The Hall–Kier alpha value is -2.72. The van der Waals surface area contributed by atoms with E-state index in [1.54, 1.807) is 11.8 Å². The topological polar surface area (TPSA) is 46.5 Å². The molecule has 3 rings (SSSR count). The summed E-state index contributed by atoms with van der Waals surface area (Å²) in [7, 11) is 1.33. The zero-order valence-electron chi connectivity index (χ0n) is 14.7. The molecule has 0 bridgehead atoms. The van der Waals surface area contributed by atoms with E-state index in [9.17, 15) is 9.90 Å². The number of carbonyl (C=O) groups excluding carboxylic acids is 1. The van der Waals surface area contributed by atoms with Crippen LogP contribution in [-0.2, 0) is 11.2 Å². The highest BCUT2D eigenvalue weighted by Crippen LogP contribution is 2.43. The minimum absolute atomic E-state index is 0.00406. The van der Waals surface area contributed by atoms with Gasteiger partial charge in [-0.1, -0.05) is 67.2 Å². The van der Waals surface area contributed by atoms with E-state index in [-0.39, 0.29) is 11.3 Å². The van der Waals surface area contributed by atoms with Gasteiger partial charge in [-0.25, -0.2) is 4.79 Å². The summed E-state index contributed by atoms with van der Waals surface area (Å²) in [6, 6.07) is 21.6. The van der Waals surface area contributed by atoms with Crippen LogP contribution in [0.25, 0.3) is 11.1 Å². The highest BCUT2D eigenvalue weighted by Gasteiger charge is 2.24. The lowest BCUT2D eigenvalue weighted by molar-refractivity contribution is 0.0598. The maximum absolute atomic E-state index is 12.5. The number of carbonyl (C=O) groups is 1. The summed E-state index contributed by atoms with van der Waals surface area (Å²) in [5, 5.41) is 10.7. The van der Waals surface area contributed by atoms with Gasteiger partial charge in [-0.3, -0.25) is 0 Å². The van der Waals surface area contributed by atoms with Crippen molar-refractivity contribution in [3.8, 4) is 16.9 Å². The molecule has 132 valence electrons. The second-order valence-electron chi connectivity index (χ2n) is 5.76. The van der Waals surface area contributed by atoms with E-state index in [0.717, 1.165) is 20.9 Å². The first-order valence-corrected chi connectivity index (χ1v) is 9.22. The summed E-state index contributed by atoms with van der Waals surface area (Å²) in [4.78, 5) is 14.5. The first kappa shape index (κ1) is 18.1. The van der Waals surface area contributed by atoms with E-state index in [1.807, 2.05) is 73.7 Å². The Morgan fingerprint density at radius 3 is 2.23 bits per heavy atom. The molecule has 0 atom stereocenters. The number of benzene rings is 3. The summed E-state index contributed by atoms with van der Waals surface area (Å²) in [5.41, 5.74) is 2.50. The zero-order chi connectivity index (χ0) is 18.5. The number of hydrogen-bond donors (Lipinski definition) is 1. The Morgan fingerprint density at radius 2 is 1.65 bits per heavy atom. The van der Waals surface area contributed by atoms with Crippen molar-refractivity contribution >= 4 is 17.7 Å². The van der Waals surface area contributed by atoms with Gasteiger partial charge in [-0.2, -0.15) is 0 Å². The monoisotopic (exact) mass is 364 g/mol. The number of aromatic hydroxyl groups is 1. The van der Waals surface area contributed by atoms with Crippen LogP contribution in [0.4, 0.5) is 0 Å². The van der Waals surface area contributed by atoms with Crippen molar-refractivity contribution in [1.82, 2.24) is 0 Å². The quantitative estimate of drug-likeness (QED) is 0.602. The third-order valence-corrected chi connectivity index (χ3v) is 5.20. The first-order chi connectivity index (χ1) is 12.7. The van der Waals surface area contributed by atoms with Gasteiger partial charge in [0.05, 0.1) is 7.11 Å². The zero-order valence-corrected chi connectivity index (χ0v) is 15.5. The molecule has 0 aliphatic rings. The van der Waals surface area contributed by atoms with Crippen molar-refractivity contribution in [2.75, 3.05) is 7.11 Å². The number of methoxy groups -OCH3 is 1. The Balaban J connectivity index is 2.29. The molecule has 0 saturated carbocycles. The molecule has 3 aromatic rings.